The summed E-state index contributed by atoms with van der Waals surface area (Å²) in [6, 6.07) is 21.4. The molecule has 0 fully saturated rings. The summed E-state index contributed by atoms with van der Waals surface area (Å²) >= 11 is 0. The molecule has 0 unspecified atom stereocenters. The van der Waals surface area contributed by atoms with E-state index >= 15 is 0 Å². The van der Waals surface area contributed by atoms with E-state index in [9.17, 15) is 4.79 Å². The molecule has 1 N–H and O–H groups in total. The summed E-state index contributed by atoms with van der Waals surface area (Å²) in [4.78, 5) is 20.8. The van der Waals surface area contributed by atoms with Gasteiger partial charge in [0.25, 0.3) is 5.91 Å². The van der Waals surface area contributed by atoms with Gasteiger partial charge in [-0.25, -0.2) is 9.97 Å². The topological polar surface area (TPSA) is 69.0 Å². The predicted octanol–water partition coefficient (Wildman–Crippen LogP) is 4.34. The smallest absolute Gasteiger partial charge is 0.265 e. The molecule has 0 aliphatic carbocycles. The highest BCUT2D eigenvalue weighted by Crippen LogP contribution is 2.22. The number of nitrogens with one attached hydrogen (secondary N) is 1. The first kappa shape index (κ1) is 18.4. The monoisotopic (exact) mass is 384 g/mol. The number of hydrogen-bond donors (Lipinski definition) is 1. The van der Waals surface area contributed by atoms with Crippen LogP contribution in [0.25, 0.3) is 16.9 Å². The number of aromatic nitrogens is 3. The van der Waals surface area contributed by atoms with E-state index in [4.69, 9.17) is 4.74 Å². The SMILES string of the molecule is C[C@@H](Oc1ccc(-c2ccccc2)cc1)C(=O)Nc1ccc(-n2ccnc2)nc1. The van der Waals surface area contributed by atoms with Crippen LogP contribution < -0.4 is 10.1 Å². The van der Waals surface area contributed by atoms with E-state index in [-0.39, 0.29) is 5.91 Å². The summed E-state index contributed by atoms with van der Waals surface area (Å²) in [5.74, 6) is 1.12. The van der Waals surface area contributed by atoms with Crippen LogP contribution in [0.1, 0.15) is 6.92 Å². The second kappa shape index (κ2) is 8.39. The molecule has 0 saturated carbocycles. The third kappa shape index (κ3) is 4.50. The normalized spacial score (nSPS) is 11.6. The molecule has 0 spiro atoms. The van der Waals surface area contributed by atoms with Gasteiger partial charge in [-0.15, -0.1) is 0 Å². The molecule has 6 heteroatoms. The molecule has 0 bridgehead atoms. The maximum atomic E-state index is 12.4. The van der Waals surface area contributed by atoms with Crippen LogP contribution in [0.5, 0.6) is 5.75 Å². The highest BCUT2D eigenvalue weighted by Gasteiger charge is 2.15. The number of carbonyl (C=O) groups excluding carboxylic acids is 1. The van der Waals surface area contributed by atoms with Crippen molar-refractivity contribution in [2.45, 2.75) is 13.0 Å². The van der Waals surface area contributed by atoms with Gasteiger partial charge in [-0.05, 0) is 42.3 Å². The molecular weight excluding hydrogens is 364 g/mol. The fraction of sp³-hybridized carbons (Fsp3) is 0.0870. The molecule has 2 heterocycles. The number of imidazole rings is 1. The summed E-state index contributed by atoms with van der Waals surface area (Å²) in [7, 11) is 0. The standard InChI is InChI=1S/C23H20N4O2/c1-17(29-21-10-7-19(8-11-21)18-5-3-2-4-6-18)23(28)26-20-9-12-22(25-15-20)27-14-13-24-16-27/h2-17H,1H3,(H,26,28)/t17-/m1/s1. The van der Waals surface area contributed by atoms with E-state index in [0.29, 0.717) is 11.4 Å². The van der Waals surface area contributed by atoms with Gasteiger partial charge in [0, 0.05) is 12.4 Å². The Morgan fingerprint density at radius 3 is 2.41 bits per heavy atom. The molecule has 4 rings (SSSR count). The first-order chi connectivity index (χ1) is 14.2. The summed E-state index contributed by atoms with van der Waals surface area (Å²) in [6.45, 7) is 1.72. The van der Waals surface area contributed by atoms with Gasteiger partial charge < -0.3 is 10.1 Å². The van der Waals surface area contributed by atoms with Crippen LogP contribution in [-0.2, 0) is 4.79 Å². The number of benzene rings is 2. The molecule has 2 aromatic carbocycles. The number of hydrogen-bond acceptors (Lipinski definition) is 4. The minimum Gasteiger partial charge on any atom is -0.481 e. The molecule has 4 aromatic rings. The average molecular weight is 384 g/mol. The molecule has 1 amide bonds. The lowest BCUT2D eigenvalue weighted by molar-refractivity contribution is -0.122. The van der Waals surface area contributed by atoms with E-state index in [1.165, 1.54) is 0 Å². The van der Waals surface area contributed by atoms with Crippen molar-refractivity contribution in [2.24, 2.45) is 0 Å². The van der Waals surface area contributed by atoms with E-state index in [0.717, 1.165) is 16.9 Å². The van der Waals surface area contributed by atoms with Crippen LogP contribution in [0, 0.1) is 0 Å². The van der Waals surface area contributed by atoms with Crippen molar-refractivity contribution in [3.8, 4) is 22.7 Å². The first-order valence-electron chi connectivity index (χ1n) is 9.26. The Labute approximate surface area is 168 Å². The summed E-state index contributed by atoms with van der Waals surface area (Å²) in [5.41, 5.74) is 2.84. The Morgan fingerprint density at radius 2 is 1.76 bits per heavy atom. The molecule has 144 valence electrons. The van der Waals surface area contributed by atoms with Gasteiger partial charge >= 0.3 is 0 Å². The zero-order chi connectivity index (χ0) is 20.1. The van der Waals surface area contributed by atoms with E-state index in [2.05, 4.69) is 27.4 Å². The van der Waals surface area contributed by atoms with Crippen LogP contribution in [-0.4, -0.2) is 26.5 Å². The lowest BCUT2D eigenvalue weighted by Gasteiger charge is -2.15. The number of amides is 1. The lowest BCUT2D eigenvalue weighted by Crippen LogP contribution is -2.30. The molecule has 0 saturated heterocycles. The number of ether oxygens (including phenoxy) is 1. The molecule has 2 aromatic heterocycles. The van der Waals surface area contributed by atoms with Crippen LogP contribution in [0.3, 0.4) is 0 Å². The molecular formula is C23H20N4O2. The van der Waals surface area contributed by atoms with E-state index in [1.807, 2.05) is 48.5 Å². The second-order valence-electron chi connectivity index (χ2n) is 6.51. The van der Waals surface area contributed by atoms with Crippen LogP contribution in [0.2, 0.25) is 0 Å². The third-order valence-electron chi connectivity index (χ3n) is 4.43. The van der Waals surface area contributed by atoms with Crippen molar-refractivity contribution in [3.05, 3.63) is 91.6 Å². The number of anilines is 1. The van der Waals surface area contributed by atoms with Crippen LogP contribution in [0.4, 0.5) is 5.69 Å². The number of carbonyl (C=O) groups is 1. The Morgan fingerprint density at radius 1 is 1.00 bits per heavy atom. The minimum absolute atomic E-state index is 0.241. The highest BCUT2D eigenvalue weighted by atomic mass is 16.5. The summed E-state index contributed by atoms with van der Waals surface area (Å²) in [6.07, 6.45) is 6.11. The van der Waals surface area contributed by atoms with Crippen molar-refractivity contribution in [1.29, 1.82) is 0 Å². The lowest BCUT2D eigenvalue weighted by atomic mass is 10.1. The van der Waals surface area contributed by atoms with Gasteiger partial charge in [0.1, 0.15) is 17.9 Å². The minimum atomic E-state index is -0.647. The van der Waals surface area contributed by atoms with Crippen molar-refractivity contribution in [1.82, 2.24) is 14.5 Å². The first-order valence-corrected chi connectivity index (χ1v) is 9.26. The van der Waals surface area contributed by atoms with Gasteiger partial charge in [0.2, 0.25) is 0 Å². The maximum Gasteiger partial charge on any atom is 0.265 e. The van der Waals surface area contributed by atoms with Gasteiger partial charge in [-0.3, -0.25) is 9.36 Å². The highest BCUT2D eigenvalue weighted by molar-refractivity contribution is 5.94. The number of rotatable bonds is 6. The summed E-state index contributed by atoms with van der Waals surface area (Å²) in [5, 5.41) is 2.82. The van der Waals surface area contributed by atoms with Crippen molar-refractivity contribution >= 4 is 11.6 Å². The van der Waals surface area contributed by atoms with Crippen molar-refractivity contribution in [3.63, 3.8) is 0 Å². The maximum absolute atomic E-state index is 12.4. The van der Waals surface area contributed by atoms with Gasteiger partial charge in [-0.1, -0.05) is 42.5 Å². The number of pyridine rings is 1. The van der Waals surface area contributed by atoms with Crippen LogP contribution in [0.15, 0.2) is 91.6 Å². The second-order valence-corrected chi connectivity index (χ2v) is 6.51. The van der Waals surface area contributed by atoms with E-state index < -0.39 is 6.10 Å². The fourth-order valence-electron chi connectivity index (χ4n) is 2.87. The third-order valence-corrected chi connectivity index (χ3v) is 4.43. The van der Waals surface area contributed by atoms with Gasteiger partial charge in [0.05, 0.1) is 11.9 Å². The predicted molar refractivity (Wildman–Crippen MR) is 112 cm³/mol. The molecule has 0 radical (unpaired) electrons. The van der Waals surface area contributed by atoms with Crippen molar-refractivity contribution in [2.75, 3.05) is 5.32 Å². The largest absolute Gasteiger partial charge is 0.481 e. The van der Waals surface area contributed by atoms with Crippen molar-refractivity contribution < 1.29 is 9.53 Å². The Kier molecular flexibility index (Phi) is 5.33. The molecule has 6 nitrogen and oxygen atoms in total. The molecule has 0 aliphatic rings. The molecule has 29 heavy (non-hydrogen) atoms. The molecule has 0 aliphatic heterocycles. The molecule has 1 atom stereocenters. The Hall–Kier alpha value is -3.93. The Bertz CT molecular complexity index is 1060. The Balaban J connectivity index is 1.36. The summed E-state index contributed by atoms with van der Waals surface area (Å²) < 4.78 is 7.57. The zero-order valence-corrected chi connectivity index (χ0v) is 15.9. The van der Waals surface area contributed by atoms with Gasteiger partial charge in [-0.2, -0.15) is 0 Å². The van der Waals surface area contributed by atoms with E-state index in [1.54, 1.807) is 42.5 Å². The quantitative estimate of drug-likeness (QED) is 0.537. The zero-order valence-electron chi connectivity index (χ0n) is 15.9. The fourth-order valence-corrected chi connectivity index (χ4v) is 2.87. The average Bonchev–Trinajstić information content (AvgIpc) is 3.30. The number of nitrogens with zero attached hydrogens (tertiary/aromatic N) is 3. The van der Waals surface area contributed by atoms with Crippen LogP contribution >= 0.6 is 0 Å². The van der Waals surface area contributed by atoms with Gasteiger partial charge in [0.15, 0.2) is 6.10 Å².